The van der Waals surface area contributed by atoms with Crippen molar-refractivity contribution < 1.29 is 4.39 Å². The first-order valence-corrected chi connectivity index (χ1v) is 5.35. The molecule has 4 nitrogen and oxygen atoms in total. The maximum atomic E-state index is 13.6. The predicted molar refractivity (Wildman–Crippen MR) is 68.1 cm³/mol. The van der Waals surface area contributed by atoms with Crippen molar-refractivity contribution in [2.45, 2.75) is 0 Å². The lowest BCUT2D eigenvalue weighted by molar-refractivity contribution is 0.631. The Bertz CT molecular complexity index is 636. The molecular formula is C12H8ClFN4. The molecule has 0 amide bonds. The van der Waals surface area contributed by atoms with Gasteiger partial charge in [-0.15, -0.1) is 0 Å². The third kappa shape index (κ3) is 2.50. The van der Waals surface area contributed by atoms with Crippen molar-refractivity contribution in [2.24, 2.45) is 0 Å². The highest BCUT2D eigenvalue weighted by Gasteiger charge is 2.07. The fourth-order valence-corrected chi connectivity index (χ4v) is 1.54. The highest BCUT2D eigenvalue weighted by molar-refractivity contribution is 6.30. The van der Waals surface area contributed by atoms with E-state index in [0.717, 1.165) is 6.07 Å². The van der Waals surface area contributed by atoms with E-state index >= 15 is 0 Å². The maximum Gasteiger partial charge on any atom is 0.153 e. The molecule has 3 N–H and O–H groups in total. The van der Waals surface area contributed by atoms with Gasteiger partial charge in [-0.1, -0.05) is 11.6 Å². The Kier molecular flexibility index (Phi) is 3.31. The normalized spacial score (nSPS) is 9.83. The molecule has 90 valence electrons. The highest BCUT2D eigenvalue weighted by Crippen LogP contribution is 2.25. The minimum atomic E-state index is -0.551. The van der Waals surface area contributed by atoms with E-state index in [1.807, 2.05) is 6.07 Å². The van der Waals surface area contributed by atoms with Crippen molar-refractivity contribution in [2.75, 3.05) is 11.1 Å². The summed E-state index contributed by atoms with van der Waals surface area (Å²) in [5.74, 6) is -0.242. The van der Waals surface area contributed by atoms with Crippen LogP contribution in [0.3, 0.4) is 0 Å². The molecule has 0 saturated carbocycles. The lowest BCUT2D eigenvalue weighted by atomic mass is 10.2. The zero-order valence-corrected chi connectivity index (χ0v) is 9.87. The van der Waals surface area contributed by atoms with E-state index in [-0.39, 0.29) is 11.3 Å². The zero-order chi connectivity index (χ0) is 13.1. The van der Waals surface area contributed by atoms with Gasteiger partial charge in [-0.05, 0) is 24.3 Å². The van der Waals surface area contributed by atoms with E-state index in [9.17, 15) is 4.39 Å². The van der Waals surface area contributed by atoms with Crippen LogP contribution in [0.25, 0.3) is 0 Å². The van der Waals surface area contributed by atoms with Crippen LogP contribution in [-0.4, -0.2) is 4.98 Å². The SMILES string of the molecule is N#Cc1ccc(Nc2ncc(Cl)cc2N)c(F)c1. The molecule has 0 atom stereocenters. The predicted octanol–water partition coefficient (Wildman–Crippen LogP) is 3.07. The Balaban J connectivity index is 2.32. The van der Waals surface area contributed by atoms with Gasteiger partial charge in [0.05, 0.1) is 28.0 Å². The lowest BCUT2D eigenvalue weighted by Gasteiger charge is -2.09. The number of nitrogens with zero attached hydrogens (tertiary/aromatic N) is 2. The minimum Gasteiger partial charge on any atom is -0.396 e. The quantitative estimate of drug-likeness (QED) is 0.872. The molecule has 6 heteroatoms. The van der Waals surface area contributed by atoms with Gasteiger partial charge in [-0.3, -0.25) is 0 Å². The van der Waals surface area contributed by atoms with E-state index in [1.54, 1.807) is 0 Å². The molecule has 0 aliphatic heterocycles. The molecule has 1 heterocycles. The van der Waals surface area contributed by atoms with Gasteiger partial charge >= 0.3 is 0 Å². The third-order valence-corrected chi connectivity index (χ3v) is 2.44. The molecule has 0 radical (unpaired) electrons. The number of nitrogens with two attached hydrogens (primary N) is 1. The van der Waals surface area contributed by atoms with Crippen molar-refractivity contribution in [3.05, 3.63) is 46.9 Å². The summed E-state index contributed by atoms with van der Waals surface area (Å²) in [4.78, 5) is 3.96. The molecule has 18 heavy (non-hydrogen) atoms. The first kappa shape index (κ1) is 12.1. The lowest BCUT2D eigenvalue weighted by Crippen LogP contribution is -2.00. The van der Waals surface area contributed by atoms with Gasteiger partial charge in [0.2, 0.25) is 0 Å². The van der Waals surface area contributed by atoms with Crippen molar-refractivity contribution >= 4 is 28.8 Å². The van der Waals surface area contributed by atoms with Crippen molar-refractivity contribution in [1.82, 2.24) is 4.98 Å². The summed E-state index contributed by atoms with van der Waals surface area (Å²) in [7, 11) is 0. The number of hydrogen-bond donors (Lipinski definition) is 2. The fraction of sp³-hybridized carbons (Fsp3) is 0. The largest absolute Gasteiger partial charge is 0.396 e. The molecule has 2 rings (SSSR count). The smallest absolute Gasteiger partial charge is 0.153 e. The summed E-state index contributed by atoms with van der Waals surface area (Å²) < 4.78 is 13.6. The van der Waals surface area contributed by atoms with Crippen LogP contribution in [0.15, 0.2) is 30.5 Å². The highest BCUT2D eigenvalue weighted by atomic mass is 35.5. The fourth-order valence-electron chi connectivity index (χ4n) is 1.37. The molecule has 0 bridgehead atoms. The standard InChI is InChI=1S/C12H8ClFN4/c13-8-4-10(16)12(17-6-8)18-11-2-1-7(5-15)3-9(11)14/h1-4,6H,16H2,(H,17,18). The Labute approximate surface area is 108 Å². The number of benzene rings is 1. The van der Waals surface area contributed by atoms with E-state index in [2.05, 4.69) is 10.3 Å². The number of pyridine rings is 1. The van der Waals surface area contributed by atoms with Crippen LogP contribution in [0.4, 0.5) is 21.6 Å². The number of nitrogens with one attached hydrogen (secondary N) is 1. The average Bonchev–Trinajstić information content (AvgIpc) is 2.34. The maximum absolute atomic E-state index is 13.6. The van der Waals surface area contributed by atoms with E-state index in [0.29, 0.717) is 16.5 Å². The number of anilines is 3. The number of nitrogen functional groups attached to an aromatic ring is 1. The van der Waals surface area contributed by atoms with Crippen LogP contribution >= 0.6 is 11.6 Å². The minimum absolute atomic E-state index is 0.190. The van der Waals surface area contributed by atoms with Crippen LogP contribution in [0, 0.1) is 17.1 Å². The number of hydrogen-bond acceptors (Lipinski definition) is 4. The molecule has 0 saturated heterocycles. The Morgan fingerprint density at radius 2 is 2.17 bits per heavy atom. The zero-order valence-electron chi connectivity index (χ0n) is 9.11. The summed E-state index contributed by atoms with van der Waals surface area (Å²) in [6.07, 6.45) is 1.40. The second kappa shape index (κ2) is 4.90. The monoisotopic (exact) mass is 262 g/mol. The van der Waals surface area contributed by atoms with Crippen LogP contribution in [0.5, 0.6) is 0 Å². The van der Waals surface area contributed by atoms with E-state index in [4.69, 9.17) is 22.6 Å². The van der Waals surface area contributed by atoms with Gasteiger partial charge in [0.15, 0.2) is 5.82 Å². The molecule has 0 fully saturated rings. The van der Waals surface area contributed by atoms with Gasteiger partial charge in [-0.2, -0.15) is 5.26 Å². The third-order valence-electron chi connectivity index (χ3n) is 2.24. The van der Waals surface area contributed by atoms with Crippen molar-refractivity contribution in [3.63, 3.8) is 0 Å². The van der Waals surface area contributed by atoms with Crippen LogP contribution < -0.4 is 11.1 Å². The van der Waals surface area contributed by atoms with Gasteiger partial charge in [-0.25, -0.2) is 9.37 Å². The molecule has 0 aliphatic carbocycles. The average molecular weight is 263 g/mol. The summed E-state index contributed by atoms with van der Waals surface area (Å²) in [5, 5.41) is 11.8. The van der Waals surface area contributed by atoms with Gasteiger partial charge in [0.25, 0.3) is 0 Å². The van der Waals surface area contributed by atoms with E-state index < -0.39 is 5.82 Å². The number of halogens is 2. The summed E-state index contributed by atoms with van der Waals surface area (Å²) in [5.41, 5.74) is 6.44. The van der Waals surface area contributed by atoms with Crippen LogP contribution in [0.2, 0.25) is 5.02 Å². The molecule has 2 aromatic rings. The molecule has 1 aromatic carbocycles. The van der Waals surface area contributed by atoms with Crippen LogP contribution in [0.1, 0.15) is 5.56 Å². The van der Waals surface area contributed by atoms with E-state index in [1.165, 1.54) is 24.4 Å². The first-order chi connectivity index (χ1) is 8.60. The Hall–Kier alpha value is -2.32. The summed E-state index contributed by atoms with van der Waals surface area (Å²) in [6.45, 7) is 0. The number of aromatic nitrogens is 1. The van der Waals surface area contributed by atoms with Crippen molar-refractivity contribution in [3.8, 4) is 6.07 Å². The Morgan fingerprint density at radius 3 is 2.78 bits per heavy atom. The van der Waals surface area contributed by atoms with Gasteiger partial charge in [0, 0.05) is 6.20 Å². The van der Waals surface area contributed by atoms with Gasteiger partial charge in [0.1, 0.15) is 5.82 Å². The summed E-state index contributed by atoms with van der Waals surface area (Å²) >= 11 is 5.71. The van der Waals surface area contributed by atoms with Crippen molar-refractivity contribution in [1.29, 1.82) is 5.26 Å². The molecule has 0 aliphatic rings. The van der Waals surface area contributed by atoms with Crippen LogP contribution in [-0.2, 0) is 0 Å². The molecule has 0 spiro atoms. The molecule has 0 unspecified atom stereocenters. The summed E-state index contributed by atoms with van der Waals surface area (Å²) in [6, 6.07) is 7.44. The number of nitriles is 1. The second-order valence-electron chi connectivity index (χ2n) is 3.52. The topological polar surface area (TPSA) is 74.7 Å². The molecular weight excluding hydrogens is 255 g/mol. The number of rotatable bonds is 2. The first-order valence-electron chi connectivity index (χ1n) is 4.98. The Morgan fingerprint density at radius 1 is 1.39 bits per heavy atom. The second-order valence-corrected chi connectivity index (χ2v) is 3.96. The molecule has 1 aromatic heterocycles. The van der Waals surface area contributed by atoms with Gasteiger partial charge < -0.3 is 11.1 Å².